The maximum atomic E-state index is 12.6. The summed E-state index contributed by atoms with van der Waals surface area (Å²) in [6, 6.07) is 24.7. The highest BCUT2D eigenvalue weighted by molar-refractivity contribution is 6.02. The Labute approximate surface area is 148 Å². The molecular weight excluding hydrogens is 306 g/mol. The van der Waals surface area contributed by atoms with Crippen molar-refractivity contribution in [3.63, 3.8) is 0 Å². The minimum atomic E-state index is -0.0757. The molecule has 2 nitrogen and oxygen atoms in total. The van der Waals surface area contributed by atoms with Crippen LogP contribution in [0.5, 0.6) is 0 Å². The summed E-state index contributed by atoms with van der Waals surface area (Å²) >= 11 is 0. The zero-order valence-electron chi connectivity index (χ0n) is 14.0. The fourth-order valence-electron chi connectivity index (χ4n) is 3.55. The van der Waals surface area contributed by atoms with Gasteiger partial charge in [-0.25, -0.2) is 0 Å². The van der Waals surface area contributed by atoms with Crippen LogP contribution in [0, 0.1) is 0 Å². The van der Waals surface area contributed by atoms with Crippen LogP contribution in [0.25, 0.3) is 11.1 Å². The van der Waals surface area contributed by atoms with Gasteiger partial charge in [0.25, 0.3) is 5.91 Å². The number of rotatable bonds is 4. The van der Waals surface area contributed by atoms with Gasteiger partial charge in [0.1, 0.15) is 0 Å². The number of hydrogen-bond donors (Lipinski definition) is 0. The third-order valence-corrected chi connectivity index (χ3v) is 4.74. The van der Waals surface area contributed by atoms with E-state index in [9.17, 15) is 4.79 Å². The predicted octanol–water partition coefficient (Wildman–Crippen LogP) is 4.98. The predicted molar refractivity (Wildman–Crippen MR) is 103 cm³/mol. The van der Waals surface area contributed by atoms with E-state index in [0.717, 1.165) is 17.7 Å². The van der Waals surface area contributed by atoms with Gasteiger partial charge in [0.15, 0.2) is 0 Å². The zero-order valence-corrected chi connectivity index (χ0v) is 14.0. The maximum Gasteiger partial charge on any atom is 0.250 e. The van der Waals surface area contributed by atoms with Gasteiger partial charge in [-0.2, -0.15) is 0 Å². The van der Waals surface area contributed by atoms with Crippen LogP contribution in [0.2, 0.25) is 0 Å². The molecule has 1 amide bonds. The SMILES string of the molecule is C=CC(=O)N(Cc1ccccc1)c1cccc2c1Cc1ccccc1-2. The second-order valence-corrected chi connectivity index (χ2v) is 6.25. The lowest BCUT2D eigenvalue weighted by Crippen LogP contribution is -2.29. The molecule has 3 aromatic carbocycles. The Balaban J connectivity index is 1.79. The Morgan fingerprint density at radius 2 is 1.64 bits per heavy atom. The quantitative estimate of drug-likeness (QED) is 0.485. The number of hydrogen-bond acceptors (Lipinski definition) is 1. The van der Waals surface area contributed by atoms with Gasteiger partial charge >= 0.3 is 0 Å². The smallest absolute Gasteiger partial charge is 0.250 e. The summed E-state index contributed by atoms with van der Waals surface area (Å²) in [7, 11) is 0. The Morgan fingerprint density at radius 3 is 2.44 bits per heavy atom. The molecule has 0 heterocycles. The third kappa shape index (κ3) is 2.76. The van der Waals surface area contributed by atoms with Crippen LogP contribution in [0.3, 0.4) is 0 Å². The summed E-state index contributed by atoms with van der Waals surface area (Å²) in [6.07, 6.45) is 2.25. The zero-order chi connectivity index (χ0) is 17.2. The van der Waals surface area contributed by atoms with Gasteiger partial charge in [-0.1, -0.05) is 73.3 Å². The van der Waals surface area contributed by atoms with Gasteiger partial charge in [-0.3, -0.25) is 4.79 Å². The first-order chi connectivity index (χ1) is 12.3. The average molecular weight is 325 g/mol. The van der Waals surface area contributed by atoms with Crippen LogP contribution in [-0.2, 0) is 17.8 Å². The molecule has 0 spiro atoms. The van der Waals surface area contributed by atoms with E-state index in [-0.39, 0.29) is 5.91 Å². The lowest BCUT2D eigenvalue weighted by molar-refractivity contribution is -0.114. The number of amides is 1. The molecule has 0 aliphatic heterocycles. The van der Waals surface area contributed by atoms with Crippen LogP contribution in [0.15, 0.2) is 85.5 Å². The maximum absolute atomic E-state index is 12.6. The van der Waals surface area contributed by atoms with E-state index < -0.39 is 0 Å². The molecule has 1 aliphatic rings. The van der Waals surface area contributed by atoms with Crippen molar-refractivity contribution < 1.29 is 4.79 Å². The van der Waals surface area contributed by atoms with E-state index in [4.69, 9.17) is 0 Å². The molecule has 0 saturated heterocycles. The molecule has 3 aromatic rings. The average Bonchev–Trinajstić information content (AvgIpc) is 3.05. The van der Waals surface area contributed by atoms with E-state index >= 15 is 0 Å². The van der Waals surface area contributed by atoms with Crippen molar-refractivity contribution in [2.75, 3.05) is 4.90 Å². The van der Waals surface area contributed by atoms with Gasteiger partial charge < -0.3 is 4.90 Å². The van der Waals surface area contributed by atoms with Crippen molar-refractivity contribution in [2.45, 2.75) is 13.0 Å². The highest BCUT2D eigenvalue weighted by Gasteiger charge is 2.24. The molecule has 4 rings (SSSR count). The van der Waals surface area contributed by atoms with Crippen LogP contribution in [0.4, 0.5) is 5.69 Å². The standard InChI is InChI=1S/C23H19NO/c1-2-23(25)24(16-17-9-4-3-5-10-17)22-14-8-13-20-19-12-7-6-11-18(19)15-21(20)22/h2-14H,1,15-16H2. The summed E-state index contributed by atoms with van der Waals surface area (Å²) in [5, 5.41) is 0. The lowest BCUT2D eigenvalue weighted by Gasteiger charge is -2.24. The van der Waals surface area contributed by atoms with Crippen LogP contribution in [0.1, 0.15) is 16.7 Å². The molecule has 2 heteroatoms. The number of anilines is 1. The largest absolute Gasteiger partial charge is 0.304 e. The molecule has 0 radical (unpaired) electrons. The summed E-state index contributed by atoms with van der Waals surface area (Å²) in [5.41, 5.74) is 7.10. The fraction of sp³-hybridized carbons (Fsp3) is 0.0870. The topological polar surface area (TPSA) is 20.3 Å². The summed E-state index contributed by atoms with van der Waals surface area (Å²) in [5.74, 6) is -0.0757. The highest BCUT2D eigenvalue weighted by atomic mass is 16.2. The lowest BCUT2D eigenvalue weighted by atomic mass is 10.0. The Bertz CT molecular complexity index is 943. The minimum absolute atomic E-state index is 0.0757. The van der Waals surface area contributed by atoms with Gasteiger partial charge in [0, 0.05) is 12.1 Å². The van der Waals surface area contributed by atoms with Crippen molar-refractivity contribution in [1.29, 1.82) is 0 Å². The van der Waals surface area contributed by atoms with E-state index in [1.54, 1.807) is 0 Å². The second-order valence-electron chi connectivity index (χ2n) is 6.25. The van der Waals surface area contributed by atoms with Crippen LogP contribution >= 0.6 is 0 Å². The fourth-order valence-corrected chi connectivity index (χ4v) is 3.55. The van der Waals surface area contributed by atoms with Gasteiger partial charge in [-0.05, 0) is 40.0 Å². The molecule has 0 unspecified atom stereocenters. The van der Waals surface area contributed by atoms with E-state index in [1.165, 1.54) is 28.3 Å². The van der Waals surface area contributed by atoms with Crippen molar-refractivity contribution in [3.8, 4) is 11.1 Å². The Kier molecular flexibility index (Phi) is 3.95. The van der Waals surface area contributed by atoms with Gasteiger partial charge in [-0.15, -0.1) is 0 Å². The molecule has 1 aliphatic carbocycles. The minimum Gasteiger partial charge on any atom is -0.304 e. The molecular formula is C23H19NO. The molecule has 0 N–H and O–H groups in total. The first-order valence-corrected chi connectivity index (χ1v) is 8.46. The summed E-state index contributed by atoms with van der Waals surface area (Å²) in [4.78, 5) is 14.4. The molecule has 0 fully saturated rings. The highest BCUT2D eigenvalue weighted by Crippen LogP contribution is 2.41. The Hall–Kier alpha value is -3.13. The van der Waals surface area contributed by atoms with Crippen molar-refractivity contribution in [3.05, 3.63) is 102 Å². The van der Waals surface area contributed by atoms with Crippen molar-refractivity contribution >= 4 is 11.6 Å². The van der Waals surface area contributed by atoms with Gasteiger partial charge in [0.2, 0.25) is 0 Å². The van der Waals surface area contributed by atoms with E-state index in [2.05, 4.69) is 36.9 Å². The number of carbonyl (C=O) groups excluding carboxylic acids is 1. The number of carbonyl (C=O) groups is 1. The number of nitrogens with zero attached hydrogens (tertiary/aromatic N) is 1. The monoisotopic (exact) mass is 325 g/mol. The first-order valence-electron chi connectivity index (χ1n) is 8.46. The molecule has 0 aromatic heterocycles. The molecule has 0 saturated carbocycles. The second kappa shape index (κ2) is 6.40. The molecule has 0 bridgehead atoms. The summed E-state index contributed by atoms with van der Waals surface area (Å²) in [6.45, 7) is 4.23. The Morgan fingerprint density at radius 1 is 0.920 bits per heavy atom. The third-order valence-electron chi connectivity index (χ3n) is 4.74. The van der Waals surface area contributed by atoms with Crippen LogP contribution < -0.4 is 4.90 Å². The van der Waals surface area contributed by atoms with Crippen LogP contribution in [-0.4, -0.2) is 5.91 Å². The molecule has 25 heavy (non-hydrogen) atoms. The van der Waals surface area contributed by atoms with E-state index in [0.29, 0.717) is 6.54 Å². The number of fused-ring (bicyclic) bond motifs is 3. The van der Waals surface area contributed by atoms with Crippen molar-refractivity contribution in [1.82, 2.24) is 0 Å². The van der Waals surface area contributed by atoms with Crippen molar-refractivity contribution in [2.24, 2.45) is 0 Å². The van der Waals surface area contributed by atoms with Gasteiger partial charge in [0.05, 0.1) is 6.54 Å². The number of benzene rings is 3. The normalized spacial score (nSPS) is 11.5. The first kappa shape index (κ1) is 15.4. The molecule has 0 atom stereocenters. The summed E-state index contributed by atoms with van der Waals surface area (Å²) < 4.78 is 0. The van der Waals surface area contributed by atoms with E-state index in [1.807, 2.05) is 47.4 Å². The molecule has 122 valence electrons.